The van der Waals surface area contributed by atoms with Gasteiger partial charge in [0.2, 0.25) is 5.91 Å². The third-order valence-corrected chi connectivity index (χ3v) is 3.93. The molecule has 0 radical (unpaired) electrons. The van der Waals surface area contributed by atoms with E-state index in [1.54, 1.807) is 18.5 Å². The second-order valence-corrected chi connectivity index (χ2v) is 5.82. The van der Waals surface area contributed by atoms with Gasteiger partial charge in [-0.3, -0.25) is 9.78 Å². The van der Waals surface area contributed by atoms with E-state index in [4.69, 9.17) is 4.42 Å². The van der Waals surface area contributed by atoms with E-state index < -0.39 is 0 Å². The summed E-state index contributed by atoms with van der Waals surface area (Å²) in [5.41, 5.74) is 3.60. The molecule has 24 heavy (non-hydrogen) atoms. The molecule has 0 spiro atoms. The molecule has 0 unspecified atom stereocenters. The Balaban J connectivity index is 1.78. The second-order valence-electron chi connectivity index (χ2n) is 5.82. The largest absolute Gasteiger partial charge is 0.423 e. The molecule has 0 saturated carbocycles. The lowest BCUT2D eigenvalue weighted by molar-refractivity contribution is -0.116. The Kier molecular flexibility index (Phi) is 4.42. The second kappa shape index (κ2) is 6.66. The quantitative estimate of drug-likeness (QED) is 0.747. The van der Waals surface area contributed by atoms with Crippen LogP contribution in [-0.4, -0.2) is 10.9 Å². The van der Waals surface area contributed by atoms with Crippen molar-refractivity contribution >= 4 is 22.6 Å². The van der Waals surface area contributed by atoms with Crippen molar-refractivity contribution in [3.05, 3.63) is 69.8 Å². The third-order valence-electron chi connectivity index (χ3n) is 3.93. The van der Waals surface area contributed by atoms with Crippen LogP contribution in [0.5, 0.6) is 0 Å². The molecule has 0 aliphatic carbocycles. The van der Waals surface area contributed by atoms with Gasteiger partial charge in [-0.1, -0.05) is 6.07 Å². The number of benzene rings is 1. The number of aromatic nitrogens is 1. The number of hydrogen-bond acceptors (Lipinski definition) is 4. The molecule has 5 nitrogen and oxygen atoms in total. The zero-order chi connectivity index (χ0) is 17.1. The van der Waals surface area contributed by atoms with Crippen molar-refractivity contribution in [1.82, 2.24) is 4.98 Å². The fourth-order valence-electron chi connectivity index (χ4n) is 2.62. The van der Waals surface area contributed by atoms with Crippen molar-refractivity contribution in [2.24, 2.45) is 0 Å². The van der Waals surface area contributed by atoms with Gasteiger partial charge in [-0.2, -0.15) is 0 Å². The van der Waals surface area contributed by atoms with Crippen molar-refractivity contribution in [3.63, 3.8) is 0 Å². The fraction of sp³-hybridized carbons (Fsp3) is 0.211. The first-order valence-electron chi connectivity index (χ1n) is 7.77. The van der Waals surface area contributed by atoms with Crippen LogP contribution in [0.3, 0.4) is 0 Å². The Hall–Kier alpha value is -2.95. The van der Waals surface area contributed by atoms with Gasteiger partial charge in [0.25, 0.3) is 0 Å². The van der Waals surface area contributed by atoms with Crippen molar-refractivity contribution in [2.45, 2.75) is 26.7 Å². The van der Waals surface area contributed by atoms with Gasteiger partial charge in [0.15, 0.2) is 0 Å². The van der Waals surface area contributed by atoms with Crippen LogP contribution in [0.2, 0.25) is 0 Å². The average molecular weight is 322 g/mol. The highest BCUT2D eigenvalue weighted by Gasteiger charge is 2.10. The lowest BCUT2D eigenvalue weighted by Gasteiger charge is -2.10. The fourth-order valence-corrected chi connectivity index (χ4v) is 2.62. The Morgan fingerprint density at radius 1 is 1.21 bits per heavy atom. The van der Waals surface area contributed by atoms with E-state index in [9.17, 15) is 9.59 Å². The van der Waals surface area contributed by atoms with Gasteiger partial charge in [0.1, 0.15) is 5.58 Å². The number of aryl methyl sites for hydroxylation is 3. The summed E-state index contributed by atoms with van der Waals surface area (Å²) in [7, 11) is 0. The van der Waals surface area contributed by atoms with E-state index >= 15 is 0 Å². The summed E-state index contributed by atoms with van der Waals surface area (Å²) >= 11 is 0. The topological polar surface area (TPSA) is 72.2 Å². The van der Waals surface area contributed by atoms with Gasteiger partial charge in [-0.05, 0) is 55.2 Å². The number of carbonyl (C=O) groups is 1. The van der Waals surface area contributed by atoms with Gasteiger partial charge >= 0.3 is 5.63 Å². The highest BCUT2D eigenvalue weighted by atomic mass is 16.4. The third kappa shape index (κ3) is 3.51. The van der Waals surface area contributed by atoms with Crippen LogP contribution in [-0.2, 0) is 11.2 Å². The Morgan fingerprint density at radius 2 is 2.04 bits per heavy atom. The number of anilines is 1. The normalized spacial score (nSPS) is 10.8. The van der Waals surface area contributed by atoms with E-state index in [-0.39, 0.29) is 11.5 Å². The van der Waals surface area contributed by atoms with Crippen molar-refractivity contribution < 1.29 is 9.21 Å². The van der Waals surface area contributed by atoms with Crippen LogP contribution in [0, 0.1) is 13.8 Å². The summed E-state index contributed by atoms with van der Waals surface area (Å²) < 4.78 is 5.21. The van der Waals surface area contributed by atoms with Crippen LogP contribution >= 0.6 is 0 Å². The van der Waals surface area contributed by atoms with Gasteiger partial charge in [-0.25, -0.2) is 4.79 Å². The first kappa shape index (κ1) is 15.9. The minimum atomic E-state index is -0.368. The SMILES string of the molecule is Cc1cc2oc(=O)cc(C)c2cc1NC(=O)CCc1cccnc1. The molecule has 1 aromatic carbocycles. The minimum Gasteiger partial charge on any atom is -0.423 e. The maximum Gasteiger partial charge on any atom is 0.336 e. The predicted molar refractivity (Wildman–Crippen MR) is 93.1 cm³/mol. The number of carbonyl (C=O) groups excluding carboxylic acids is 1. The first-order valence-corrected chi connectivity index (χ1v) is 7.77. The van der Waals surface area contributed by atoms with E-state index in [0.29, 0.717) is 18.4 Å². The predicted octanol–water partition coefficient (Wildman–Crippen LogP) is 3.38. The number of rotatable bonds is 4. The van der Waals surface area contributed by atoms with Crippen LogP contribution in [0.25, 0.3) is 11.0 Å². The highest BCUT2D eigenvalue weighted by Crippen LogP contribution is 2.25. The Bertz CT molecular complexity index is 946. The summed E-state index contributed by atoms with van der Waals surface area (Å²) in [5, 5.41) is 3.76. The monoisotopic (exact) mass is 322 g/mol. The molecule has 3 aromatic rings. The summed E-state index contributed by atoms with van der Waals surface area (Å²) in [6, 6.07) is 8.89. The molecule has 1 amide bonds. The molecule has 1 N–H and O–H groups in total. The van der Waals surface area contributed by atoms with E-state index in [1.807, 2.05) is 32.0 Å². The average Bonchev–Trinajstić information content (AvgIpc) is 2.55. The minimum absolute atomic E-state index is 0.0589. The number of nitrogens with zero attached hydrogens (tertiary/aromatic N) is 1. The highest BCUT2D eigenvalue weighted by molar-refractivity contribution is 5.95. The van der Waals surface area contributed by atoms with Crippen molar-refractivity contribution in [3.8, 4) is 0 Å². The molecule has 122 valence electrons. The van der Waals surface area contributed by atoms with E-state index in [2.05, 4.69) is 10.3 Å². The molecule has 2 heterocycles. The standard InChI is InChI=1S/C19H18N2O3/c1-12-9-19(23)24-17-8-13(2)16(10-15(12)17)21-18(22)6-5-14-4-3-7-20-11-14/h3-4,7-11H,5-6H2,1-2H3,(H,21,22). The van der Waals surface area contributed by atoms with Crippen LogP contribution in [0.1, 0.15) is 23.1 Å². The van der Waals surface area contributed by atoms with Gasteiger partial charge in [0.05, 0.1) is 0 Å². The van der Waals surface area contributed by atoms with Crippen LogP contribution in [0.4, 0.5) is 5.69 Å². The van der Waals surface area contributed by atoms with Crippen LogP contribution < -0.4 is 10.9 Å². The first-order chi connectivity index (χ1) is 11.5. The molecule has 0 saturated heterocycles. The Labute approximate surface area is 139 Å². The maximum atomic E-state index is 12.2. The lowest BCUT2D eigenvalue weighted by Crippen LogP contribution is -2.13. The zero-order valence-corrected chi connectivity index (χ0v) is 13.6. The smallest absolute Gasteiger partial charge is 0.336 e. The van der Waals surface area contributed by atoms with E-state index in [1.165, 1.54) is 6.07 Å². The number of fused-ring (bicyclic) bond motifs is 1. The number of hydrogen-bond donors (Lipinski definition) is 1. The van der Waals surface area contributed by atoms with Gasteiger partial charge in [-0.15, -0.1) is 0 Å². The number of amides is 1. The lowest BCUT2D eigenvalue weighted by atomic mass is 10.1. The molecular weight excluding hydrogens is 304 g/mol. The summed E-state index contributed by atoms with van der Waals surface area (Å²) in [5.74, 6) is -0.0589. The molecule has 2 aromatic heterocycles. The van der Waals surface area contributed by atoms with Gasteiger partial charge < -0.3 is 9.73 Å². The zero-order valence-electron chi connectivity index (χ0n) is 13.6. The van der Waals surface area contributed by atoms with Crippen molar-refractivity contribution in [1.29, 1.82) is 0 Å². The van der Waals surface area contributed by atoms with Crippen LogP contribution in [0.15, 0.2) is 51.9 Å². The molecule has 0 bridgehead atoms. The summed E-state index contributed by atoms with van der Waals surface area (Å²) in [6.45, 7) is 3.72. The van der Waals surface area contributed by atoms with Crippen molar-refractivity contribution in [2.75, 3.05) is 5.32 Å². The maximum absolute atomic E-state index is 12.2. The molecule has 3 rings (SSSR count). The molecule has 5 heteroatoms. The number of pyridine rings is 1. The number of nitrogens with one attached hydrogen (secondary N) is 1. The van der Waals surface area contributed by atoms with E-state index in [0.717, 1.165) is 27.8 Å². The summed E-state index contributed by atoms with van der Waals surface area (Å²) in [4.78, 5) is 27.7. The molecular formula is C19H18N2O3. The molecule has 0 aliphatic rings. The molecule has 0 atom stereocenters. The molecule has 0 aliphatic heterocycles. The Morgan fingerprint density at radius 3 is 2.79 bits per heavy atom. The van der Waals surface area contributed by atoms with Gasteiger partial charge in [0, 0.05) is 36.0 Å². The summed E-state index contributed by atoms with van der Waals surface area (Å²) in [6.07, 6.45) is 4.49. The molecule has 0 fully saturated rings.